The number of hydrogen-bond donors (Lipinski definition) is 1. The smallest absolute Gasteiger partial charge is 0.322 e. The summed E-state index contributed by atoms with van der Waals surface area (Å²) < 4.78 is 7.22. The van der Waals surface area contributed by atoms with Crippen LogP contribution in [0.15, 0.2) is 22.7 Å². The van der Waals surface area contributed by atoms with Gasteiger partial charge in [0.15, 0.2) is 5.16 Å². The normalized spacial score (nSPS) is 10.6. The number of nitrogens with two attached hydrogens (primary N) is 1. The van der Waals surface area contributed by atoms with E-state index in [-0.39, 0.29) is 12.0 Å². The number of rotatable bonds is 5. The van der Waals surface area contributed by atoms with Gasteiger partial charge in [-0.25, -0.2) is 4.98 Å². The Morgan fingerprint density at radius 1 is 1.39 bits per heavy atom. The van der Waals surface area contributed by atoms with E-state index in [0.717, 1.165) is 11.6 Å². The Balaban J connectivity index is 2.17. The summed E-state index contributed by atoms with van der Waals surface area (Å²) in [4.78, 5) is 16.3. The predicted molar refractivity (Wildman–Crippen MR) is 67.4 cm³/mol. The van der Waals surface area contributed by atoms with Crippen LogP contribution >= 0.6 is 11.8 Å². The molecule has 2 aromatic rings. The van der Waals surface area contributed by atoms with Gasteiger partial charge < -0.3 is 15.0 Å². The fourth-order valence-electron chi connectivity index (χ4n) is 1.19. The van der Waals surface area contributed by atoms with Crippen LogP contribution in [-0.2, 0) is 7.05 Å². The molecule has 0 bridgehead atoms. The van der Waals surface area contributed by atoms with Crippen molar-refractivity contribution in [3.8, 4) is 6.01 Å². The lowest BCUT2D eigenvalue weighted by molar-refractivity contribution is 0.288. The van der Waals surface area contributed by atoms with Gasteiger partial charge in [-0.3, -0.25) is 0 Å². The molecule has 96 valence electrons. The zero-order valence-electron chi connectivity index (χ0n) is 10.2. The molecule has 0 aromatic carbocycles. The van der Waals surface area contributed by atoms with Gasteiger partial charge >= 0.3 is 6.01 Å². The van der Waals surface area contributed by atoms with Gasteiger partial charge in [-0.1, -0.05) is 6.92 Å². The monoisotopic (exact) mass is 266 g/mol. The third-order valence-electron chi connectivity index (χ3n) is 2.01. The molecular weight excluding hydrogens is 252 g/mol. The van der Waals surface area contributed by atoms with E-state index >= 15 is 0 Å². The topological polar surface area (TPSA) is 91.7 Å². The van der Waals surface area contributed by atoms with Gasteiger partial charge in [-0.2, -0.15) is 15.0 Å². The summed E-state index contributed by atoms with van der Waals surface area (Å²) in [5, 5.41) is 1.25. The summed E-state index contributed by atoms with van der Waals surface area (Å²) in [5.74, 6) is 0.146. The van der Waals surface area contributed by atoms with E-state index in [1.807, 2.05) is 24.7 Å². The average molecular weight is 266 g/mol. The van der Waals surface area contributed by atoms with E-state index in [1.54, 1.807) is 6.20 Å². The number of hydrogen-bond acceptors (Lipinski definition) is 7. The molecule has 2 rings (SSSR count). The number of imidazole rings is 1. The van der Waals surface area contributed by atoms with E-state index < -0.39 is 0 Å². The number of aromatic nitrogens is 5. The molecule has 0 radical (unpaired) electrons. The molecule has 0 amide bonds. The van der Waals surface area contributed by atoms with Gasteiger partial charge in [0.1, 0.15) is 0 Å². The fraction of sp³-hybridized carbons (Fsp3) is 0.400. The summed E-state index contributed by atoms with van der Waals surface area (Å²) in [7, 11) is 1.90. The minimum absolute atomic E-state index is 0.146. The minimum atomic E-state index is 0.146. The SMILES string of the molecule is CCCOc1nc(N)nc(Sc2nccn2C)n1. The maximum atomic E-state index is 5.62. The van der Waals surface area contributed by atoms with Crippen LogP contribution in [0.1, 0.15) is 13.3 Å². The molecule has 0 aliphatic heterocycles. The van der Waals surface area contributed by atoms with Crippen molar-refractivity contribution in [3.05, 3.63) is 12.4 Å². The fourth-order valence-corrected chi connectivity index (χ4v) is 1.93. The summed E-state index contributed by atoms with van der Waals surface area (Å²) >= 11 is 1.31. The van der Waals surface area contributed by atoms with Crippen molar-refractivity contribution in [1.29, 1.82) is 0 Å². The van der Waals surface area contributed by atoms with Crippen molar-refractivity contribution in [2.45, 2.75) is 23.7 Å². The first-order valence-corrected chi connectivity index (χ1v) is 6.30. The highest BCUT2D eigenvalue weighted by Crippen LogP contribution is 2.23. The molecule has 0 saturated heterocycles. The molecule has 2 heterocycles. The van der Waals surface area contributed by atoms with Crippen molar-refractivity contribution >= 4 is 17.7 Å². The molecule has 0 aliphatic rings. The highest BCUT2D eigenvalue weighted by atomic mass is 32.2. The summed E-state index contributed by atoms with van der Waals surface area (Å²) in [6.45, 7) is 2.56. The number of nitrogen functional groups attached to an aromatic ring is 1. The number of nitrogens with zero attached hydrogens (tertiary/aromatic N) is 5. The maximum absolute atomic E-state index is 5.62. The lowest BCUT2D eigenvalue weighted by Crippen LogP contribution is -2.05. The quantitative estimate of drug-likeness (QED) is 0.867. The molecule has 2 N–H and O–H groups in total. The third kappa shape index (κ3) is 3.10. The van der Waals surface area contributed by atoms with Crippen molar-refractivity contribution in [1.82, 2.24) is 24.5 Å². The van der Waals surface area contributed by atoms with E-state index in [4.69, 9.17) is 10.5 Å². The predicted octanol–water partition coefficient (Wildman–Crippen LogP) is 1.13. The van der Waals surface area contributed by atoms with Gasteiger partial charge in [0.05, 0.1) is 6.61 Å². The molecule has 0 unspecified atom stereocenters. The molecule has 18 heavy (non-hydrogen) atoms. The standard InChI is InChI=1S/C10H14N6OS/c1-3-6-17-8-13-7(11)14-9(15-8)18-10-12-4-5-16(10)2/h4-5H,3,6H2,1-2H3,(H2,11,13,14,15). The highest BCUT2D eigenvalue weighted by Gasteiger charge is 2.09. The molecule has 0 spiro atoms. The Hall–Kier alpha value is -1.83. The maximum Gasteiger partial charge on any atom is 0.322 e. The molecule has 0 aliphatic carbocycles. The van der Waals surface area contributed by atoms with E-state index in [2.05, 4.69) is 19.9 Å². The lowest BCUT2D eigenvalue weighted by atomic mass is 10.5. The number of ether oxygens (including phenoxy) is 1. The molecule has 2 aromatic heterocycles. The van der Waals surface area contributed by atoms with Crippen LogP contribution in [0.3, 0.4) is 0 Å². The summed E-state index contributed by atoms with van der Waals surface area (Å²) in [6, 6.07) is 0.251. The molecule has 0 saturated carbocycles. The zero-order valence-corrected chi connectivity index (χ0v) is 11.0. The molecular formula is C10H14N6OS. The van der Waals surface area contributed by atoms with E-state index in [1.165, 1.54) is 11.8 Å². The largest absolute Gasteiger partial charge is 0.463 e. The minimum Gasteiger partial charge on any atom is -0.463 e. The van der Waals surface area contributed by atoms with Crippen molar-refractivity contribution < 1.29 is 4.74 Å². The van der Waals surface area contributed by atoms with Crippen LogP contribution in [0, 0.1) is 0 Å². The first-order chi connectivity index (χ1) is 8.69. The van der Waals surface area contributed by atoms with Crippen LogP contribution in [0.2, 0.25) is 0 Å². The van der Waals surface area contributed by atoms with Gasteiger partial charge in [0.2, 0.25) is 11.1 Å². The number of aryl methyl sites for hydroxylation is 1. The second kappa shape index (κ2) is 5.67. The van der Waals surface area contributed by atoms with Crippen molar-refractivity contribution in [3.63, 3.8) is 0 Å². The van der Waals surface area contributed by atoms with Gasteiger partial charge in [0, 0.05) is 19.4 Å². The Bertz CT molecular complexity index is 529. The Morgan fingerprint density at radius 2 is 2.22 bits per heavy atom. The third-order valence-corrected chi connectivity index (χ3v) is 2.95. The van der Waals surface area contributed by atoms with Crippen molar-refractivity contribution in [2.75, 3.05) is 12.3 Å². The first kappa shape index (κ1) is 12.6. The molecule has 7 nitrogen and oxygen atoms in total. The number of anilines is 1. The first-order valence-electron chi connectivity index (χ1n) is 5.48. The van der Waals surface area contributed by atoms with E-state index in [0.29, 0.717) is 11.8 Å². The lowest BCUT2D eigenvalue weighted by Gasteiger charge is -2.05. The van der Waals surface area contributed by atoms with Crippen LogP contribution in [0.4, 0.5) is 5.95 Å². The summed E-state index contributed by atoms with van der Waals surface area (Å²) in [5.41, 5.74) is 5.62. The molecule has 0 atom stereocenters. The average Bonchev–Trinajstić information content (AvgIpc) is 2.72. The summed E-state index contributed by atoms with van der Waals surface area (Å²) in [6.07, 6.45) is 4.44. The van der Waals surface area contributed by atoms with Crippen LogP contribution in [0.5, 0.6) is 6.01 Å². The molecule has 8 heteroatoms. The second-order valence-electron chi connectivity index (χ2n) is 3.53. The second-order valence-corrected chi connectivity index (χ2v) is 4.46. The Morgan fingerprint density at radius 3 is 2.89 bits per heavy atom. The highest BCUT2D eigenvalue weighted by molar-refractivity contribution is 7.99. The Kier molecular flexibility index (Phi) is 3.98. The van der Waals surface area contributed by atoms with Gasteiger partial charge in [-0.15, -0.1) is 0 Å². The van der Waals surface area contributed by atoms with Crippen LogP contribution < -0.4 is 10.5 Å². The van der Waals surface area contributed by atoms with Crippen molar-refractivity contribution in [2.24, 2.45) is 7.05 Å². The zero-order chi connectivity index (χ0) is 13.0. The van der Waals surface area contributed by atoms with Crippen LogP contribution in [0.25, 0.3) is 0 Å². The van der Waals surface area contributed by atoms with Crippen LogP contribution in [-0.4, -0.2) is 31.1 Å². The van der Waals surface area contributed by atoms with Gasteiger partial charge in [0.25, 0.3) is 0 Å². The molecule has 0 fully saturated rings. The van der Waals surface area contributed by atoms with E-state index in [9.17, 15) is 0 Å². The Labute approximate surface area is 109 Å². The van der Waals surface area contributed by atoms with Gasteiger partial charge in [-0.05, 0) is 18.2 Å².